The molecule has 0 spiro atoms. The van der Waals surface area contributed by atoms with E-state index in [4.69, 9.17) is 35.3 Å². The normalized spacial score (nSPS) is 39.1. The molecule has 0 saturated carbocycles. The van der Waals surface area contributed by atoms with Crippen LogP contribution in [0.25, 0.3) is 0 Å². The van der Waals surface area contributed by atoms with Gasteiger partial charge in [0.15, 0.2) is 12.1 Å². The zero-order chi connectivity index (χ0) is 12.6. The SMILES string of the molecule is CO[C@@H]1O[C@H](COC(=O)Cl)[C@@H]2OC(C)(C)OC12. The second-order valence-electron chi connectivity index (χ2n) is 4.39. The van der Waals surface area contributed by atoms with Gasteiger partial charge in [-0.3, -0.25) is 0 Å². The molecule has 2 aliphatic rings. The first-order valence-electron chi connectivity index (χ1n) is 5.29. The van der Waals surface area contributed by atoms with Gasteiger partial charge in [-0.1, -0.05) is 0 Å². The molecule has 0 bridgehead atoms. The molecule has 1 unspecified atom stereocenters. The predicted octanol–water partition coefficient (Wildman–Crippen LogP) is 1.25. The summed E-state index contributed by atoms with van der Waals surface area (Å²) < 4.78 is 26.7. The maximum Gasteiger partial charge on any atom is 0.403 e. The molecule has 0 aromatic heterocycles. The van der Waals surface area contributed by atoms with Crippen molar-refractivity contribution in [2.45, 2.75) is 44.2 Å². The van der Waals surface area contributed by atoms with Crippen LogP contribution in [0.3, 0.4) is 0 Å². The minimum Gasteiger partial charge on any atom is -0.451 e. The summed E-state index contributed by atoms with van der Waals surface area (Å²) >= 11 is 5.11. The molecule has 0 aromatic rings. The number of halogens is 1. The lowest BCUT2D eigenvalue weighted by Crippen LogP contribution is -2.33. The van der Waals surface area contributed by atoms with Crippen LogP contribution in [0.2, 0.25) is 0 Å². The number of fused-ring (bicyclic) bond motifs is 1. The summed E-state index contributed by atoms with van der Waals surface area (Å²) in [6.45, 7) is 3.63. The highest BCUT2D eigenvalue weighted by molar-refractivity contribution is 6.61. The molecule has 0 aromatic carbocycles. The molecule has 2 aliphatic heterocycles. The standard InChI is InChI=1S/C10H15ClO6/c1-10(2)16-6-5(4-14-9(11)12)15-8(13-3)7(6)17-10/h5-8H,4H2,1-3H3/t5-,6+,7?,8-/m1/s1. The molecule has 2 rings (SSSR count). The first-order chi connectivity index (χ1) is 7.93. The Labute approximate surface area is 104 Å². The number of hydrogen-bond acceptors (Lipinski definition) is 6. The average Bonchev–Trinajstić information content (AvgIpc) is 2.68. The summed E-state index contributed by atoms with van der Waals surface area (Å²) in [5, 5.41) is 0. The molecule has 0 amide bonds. The van der Waals surface area contributed by atoms with Crippen molar-refractivity contribution in [2.75, 3.05) is 13.7 Å². The first kappa shape index (κ1) is 13.0. The van der Waals surface area contributed by atoms with E-state index in [0.717, 1.165) is 0 Å². The Bertz CT molecular complexity index is 307. The predicted molar refractivity (Wildman–Crippen MR) is 56.7 cm³/mol. The fourth-order valence-corrected chi connectivity index (χ4v) is 2.18. The molecular weight excluding hydrogens is 252 g/mol. The Kier molecular flexibility index (Phi) is 3.61. The largest absolute Gasteiger partial charge is 0.451 e. The van der Waals surface area contributed by atoms with Crippen LogP contribution in [0.15, 0.2) is 0 Å². The third kappa shape index (κ3) is 2.71. The monoisotopic (exact) mass is 266 g/mol. The molecule has 0 aliphatic carbocycles. The third-order valence-corrected chi connectivity index (χ3v) is 2.81. The van der Waals surface area contributed by atoms with Crippen molar-refractivity contribution in [1.29, 1.82) is 0 Å². The number of carbonyl (C=O) groups excluding carboxylic acids is 1. The van der Waals surface area contributed by atoms with Crippen molar-refractivity contribution in [3.05, 3.63) is 0 Å². The van der Waals surface area contributed by atoms with Crippen LogP contribution in [0.1, 0.15) is 13.8 Å². The first-order valence-corrected chi connectivity index (χ1v) is 5.67. The molecule has 2 heterocycles. The molecule has 0 N–H and O–H groups in total. The highest BCUT2D eigenvalue weighted by atomic mass is 35.5. The van der Waals surface area contributed by atoms with Crippen molar-refractivity contribution in [3.63, 3.8) is 0 Å². The highest BCUT2D eigenvalue weighted by Gasteiger charge is 2.55. The van der Waals surface area contributed by atoms with E-state index in [-0.39, 0.29) is 18.8 Å². The van der Waals surface area contributed by atoms with Gasteiger partial charge in [0, 0.05) is 18.7 Å². The van der Waals surface area contributed by atoms with Gasteiger partial charge >= 0.3 is 5.43 Å². The molecular formula is C10H15ClO6. The van der Waals surface area contributed by atoms with Crippen LogP contribution in [-0.2, 0) is 23.7 Å². The van der Waals surface area contributed by atoms with E-state index in [9.17, 15) is 4.79 Å². The van der Waals surface area contributed by atoms with Crippen LogP contribution in [0.5, 0.6) is 0 Å². The molecule has 17 heavy (non-hydrogen) atoms. The van der Waals surface area contributed by atoms with Gasteiger partial charge in [-0.25, -0.2) is 4.79 Å². The van der Waals surface area contributed by atoms with Gasteiger partial charge < -0.3 is 23.7 Å². The van der Waals surface area contributed by atoms with E-state index >= 15 is 0 Å². The number of carbonyl (C=O) groups is 1. The number of methoxy groups -OCH3 is 1. The zero-order valence-electron chi connectivity index (χ0n) is 9.84. The Morgan fingerprint density at radius 3 is 2.59 bits per heavy atom. The van der Waals surface area contributed by atoms with E-state index < -0.39 is 23.6 Å². The highest BCUT2D eigenvalue weighted by Crippen LogP contribution is 2.38. The zero-order valence-corrected chi connectivity index (χ0v) is 10.6. The quantitative estimate of drug-likeness (QED) is 0.717. The van der Waals surface area contributed by atoms with E-state index in [1.54, 1.807) is 0 Å². The van der Waals surface area contributed by atoms with Crippen LogP contribution in [-0.4, -0.2) is 49.5 Å². The van der Waals surface area contributed by atoms with Crippen LogP contribution in [0.4, 0.5) is 4.79 Å². The van der Waals surface area contributed by atoms with Gasteiger partial charge in [0.05, 0.1) is 0 Å². The fraction of sp³-hybridized carbons (Fsp3) is 0.900. The maximum absolute atomic E-state index is 10.6. The van der Waals surface area contributed by atoms with Crippen LogP contribution >= 0.6 is 11.6 Å². The molecule has 6 nitrogen and oxygen atoms in total. The van der Waals surface area contributed by atoms with Gasteiger partial charge in [0.1, 0.15) is 24.9 Å². The molecule has 2 saturated heterocycles. The van der Waals surface area contributed by atoms with Gasteiger partial charge in [0.2, 0.25) is 0 Å². The van der Waals surface area contributed by atoms with Crippen molar-refractivity contribution in [2.24, 2.45) is 0 Å². The molecule has 98 valence electrons. The summed E-state index contributed by atoms with van der Waals surface area (Å²) in [6, 6.07) is 0. The average molecular weight is 267 g/mol. The molecule has 0 radical (unpaired) electrons. The minimum absolute atomic E-state index is 0.0167. The second kappa shape index (κ2) is 4.70. The summed E-state index contributed by atoms with van der Waals surface area (Å²) in [4.78, 5) is 10.6. The van der Waals surface area contributed by atoms with Crippen molar-refractivity contribution < 1.29 is 28.5 Å². The Balaban J connectivity index is 2.02. The lowest BCUT2D eigenvalue weighted by molar-refractivity contribution is -0.229. The Hall–Kier alpha value is -0.400. The van der Waals surface area contributed by atoms with Gasteiger partial charge in [-0.05, 0) is 13.8 Å². The van der Waals surface area contributed by atoms with E-state index in [1.165, 1.54) is 7.11 Å². The minimum atomic E-state index is -0.871. The summed E-state index contributed by atoms with van der Waals surface area (Å²) in [6.07, 6.45) is -1.62. The molecule has 4 atom stereocenters. The van der Waals surface area contributed by atoms with Gasteiger partial charge in [-0.15, -0.1) is 0 Å². The number of rotatable bonds is 3. The summed E-state index contributed by atoms with van der Waals surface area (Å²) in [7, 11) is 1.52. The van der Waals surface area contributed by atoms with Crippen molar-refractivity contribution >= 4 is 17.0 Å². The molecule has 2 fully saturated rings. The Morgan fingerprint density at radius 1 is 1.35 bits per heavy atom. The number of hydrogen-bond donors (Lipinski definition) is 0. The van der Waals surface area contributed by atoms with Crippen LogP contribution < -0.4 is 0 Å². The van der Waals surface area contributed by atoms with E-state index in [1.807, 2.05) is 13.8 Å². The number of ether oxygens (including phenoxy) is 5. The second-order valence-corrected chi connectivity index (χ2v) is 4.70. The third-order valence-electron chi connectivity index (χ3n) is 2.70. The summed E-state index contributed by atoms with van der Waals surface area (Å²) in [5.41, 5.74) is -0.871. The fourth-order valence-electron chi connectivity index (χ4n) is 2.11. The lowest BCUT2D eigenvalue weighted by atomic mass is 10.1. The van der Waals surface area contributed by atoms with Gasteiger partial charge in [-0.2, -0.15) is 0 Å². The maximum atomic E-state index is 10.6. The lowest BCUT2D eigenvalue weighted by Gasteiger charge is -2.23. The van der Waals surface area contributed by atoms with Crippen molar-refractivity contribution in [1.82, 2.24) is 0 Å². The van der Waals surface area contributed by atoms with E-state index in [2.05, 4.69) is 0 Å². The van der Waals surface area contributed by atoms with Gasteiger partial charge in [0.25, 0.3) is 0 Å². The molecule has 7 heteroatoms. The summed E-state index contributed by atoms with van der Waals surface area (Å²) in [5.74, 6) is -0.695. The topological polar surface area (TPSA) is 63.2 Å². The Morgan fingerprint density at radius 2 is 2.00 bits per heavy atom. The smallest absolute Gasteiger partial charge is 0.403 e. The van der Waals surface area contributed by atoms with Crippen LogP contribution in [0, 0.1) is 0 Å². The van der Waals surface area contributed by atoms with E-state index in [0.29, 0.717) is 0 Å². The van der Waals surface area contributed by atoms with Crippen molar-refractivity contribution in [3.8, 4) is 0 Å².